The van der Waals surface area contributed by atoms with Crippen molar-refractivity contribution < 1.29 is 19.1 Å². The van der Waals surface area contributed by atoms with Crippen LogP contribution >= 0.6 is 15.9 Å². The number of amides is 1. The summed E-state index contributed by atoms with van der Waals surface area (Å²) in [4.78, 5) is 22.9. The lowest BCUT2D eigenvalue weighted by Gasteiger charge is -2.16. The second-order valence-electron chi connectivity index (χ2n) is 5.87. The first-order valence-electron chi connectivity index (χ1n) is 7.62. The van der Waals surface area contributed by atoms with Gasteiger partial charge in [-0.05, 0) is 53.7 Å². The summed E-state index contributed by atoms with van der Waals surface area (Å²) < 4.78 is 11.3. The molecule has 0 saturated carbocycles. The average molecular weight is 386 g/mol. The van der Waals surface area contributed by atoms with Crippen molar-refractivity contribution in [3.63, 3.8) is 0 Å². The van der Waals surface area contributed by atoms with Crippen LogP contribution in [0.5, 0.6) is 11.5 Å². The fraction of sp³-hybridized carbons (Fsp3) is 0.529. The van der Waals surface area contributed by atoms with Gasteiger partial charge in [0.05, 0.1) is 7.11 Å². The fourth-order valence-corrected chi connectivity index (χ4v) is 2.44. The molecule has 5 nitrogen and oxygen atoms in total. The van der Waals surface area contributed by atoms with Gasteiger partial charge in [-0.1, -0.05) is 13.8 Å². The summed E-state index contributed by atoms with van der Waals surface area (Å²) in [6.45, 7) is 6.16. The van der Waals surface area contributed by atoms with Crippen molar-refractivity contribution in [1.82, 2.24) is 5.32 Å². The molecule has 0 aromatic heterocycles. The van der Waals surface area contributed by atoms with E-state index in [0.29, 0.717) is 33.7 Å². The Balaban J connectivity index is 2.60. The minimum atomic E-state index is -0.195. The molecule has 0 unspecified atom stereocenters. The van der Waals surface area contributed by atoms with Crippen LogP contribution in [0.25, 0.3) is 0 Å². The van der Waals surface area contributed by atoms with Crippen LogP contribution in [0.1, 0.15) is 44.0 Å². The van der Waals surface area contributed by atoms with E-state index in [-0.39, 0.29) is 18.6 Å². The number of methoxy groups -OCH3 is 1. The Kier molecular flexibility index (Phi) is 8.09. The molecule has 1 N–H and O–H groups in total. The summed E-state index contributed by atoms with van der Waals surface area (Å²) >= 11 is 3.28. The van der Waals surface area contributed by atoms with Gasteiger partial charge in [0.1, 0.15) is 0 Å². The minimum absolute atomic E-state index is 0.103. The largest absolute Gasteiger partial charge is 0.493 e. The Morgan fingerprint density at radius 1 is 1.26 bits per heavy atom. The Labute approximate surface area is 145 Å². The molecule has 1 atom stereocenters. The zero-order chi connectivity index (χ0) is 17.4. The first-order valence-corrected chi connectivity index (χ1v) is 8.41. The molecule has 0 spiro atoms. The molecule has 1 aromatic rings. The van der Waals surface area contributed by atoms with Gasteiger partial charge in [-0.3, -0.25) is 9.59 Å². The fourth-order valence-electron chi connectivity index (χ4n) is 2.03. The number of rotatable bonds is 9. The molecule has 23 heavy (non-hydrogen) atoms. The summed E-state index contributed by atoms with van der Waals surface area (Å²) in [6, 6.07) is 3.29. The van der Waals surface area contributed by atoms with Gasteiger partial charge >= 0.3 is 0 Å². The van der Waals surface area contributed by atoms with E-state index in [9.17, 15) is 9.59 Å². The monoisotopic (exact) mass is 385 g/mol. The van der Waals surface area contributed by atoms with Crippen LogP contribution in [-0.4, -0.2) is 32.0 Å². The maximum absolute atomic E-state index is 11.9. The number of hydrogen-bond donors (Lipinski definition) is 1. The molecule has 0 fully saturated rings. The molecule has 1 rings (SSSR count). The highest BCUT2D eigenvalue weighted by Crippen LogP contribution is 2.32. The van der Waals surface area contributed by atoms with E-state index in [2.05, 4.69) is 35.1 Å². The van der Waals surface area contributed by atoms with E-state index >= 15 is 0 Å². The molecule has 6 heteroatoms. The summed E-state index contributed by atoms with van der Waals surface area (Å²) in [5.41, 5.74) is 0.437. The van der Waals surface area contributed by atoms with Crippen molar-refractivity contribution in [1.29, 1.82) is 0 Å². The molecule has 0 aliphatic carbocycles. The quantitative estimate of drug-likeness (QED) is 0.659. The molecule has 0 aliphatic rings. The minimum Gasteiger partial charge on any atom is -0.493 e. The number of benzene rings is 1. The third-order valence-electron chi connectivity index (χ3n) is 3.35. The van der Waals surface area contributed by atoms with Crippen molar-refractivity contribution in [2.24, 2.45) is 5.92 Å². The van der Waals surface area contributed by atoms with E-state index in [1.807, 2.05) is 6.92 Å². The van der Waals surface area contributed by atoms with Crippen LogP contribution in [0, 0.1) is 5.92 Å². The van der Waals surface area contributed by atoms with Crippen molar-refractivity contribution >= 4 is 28.1 Å². The topological polar surface area (TPSA) is 64.6 Å². The van der Waals surface area contributed by atoms with Gasteiger partial charge in [-0.25, -0.2) is 0 Å². The van der Waals surface area contributed by atoms with Crippen LogP contribution in [-0.2, 0) is 4.79 Å². The lowest BCUT2D eigenvalue weighted by atomic mass is 10.0. The third kappa shape index (κ3) is 6.60. The molecule has 0 radical (unpaired) electrons. The maximum atomic E-state index is 11.9. The predicted octanol–water partition coefficient (Wildman–Crippen LogP) is 3.59. The van der Waals surface area contributed by atoms with Crippen molar-refractivity contribution in [2.45, 2.75) is 39.7 Å². The van der Waals surface area contributed by atoms with Gasteiger partial charge in [0, 0.05) is 16.1 Å². The molecule has 128 valence electrons. The summed E-state index contributed by atoms with van der Waals surface area (Å²) in [5, 5.41) is 2.90. The van der Waals surface area contributed by atoms with Crippen molar-refractivity contribution in [3.8, 4) is 11.5 Å². The van der Waals surface area contributed by atoms with Crippen LogP contribution < -0.4 is 14.8 Å². The smallest absolute Gasteiger partial charge is 0.258 e. The van der Waals surface area contributed by atoms with Gasteiger partial charge in [-0.2, -0.15) is 0 Å². The highest BCUT2D eigenvalue weighted by Gasteiger charge is 2.13. The van der Waals surface area contributed by atoms with Crippen LogP contribution in [0.15, 0.2) is 16.6 Å². The number of nitrogens with one attached hydrogen (secondary N) is 1. The molecule has 0 aliphatic heterocycles. The number of aldehydes is 1. The van der Waals surface area contributed by atoms with Crippen molar-refractivity contribution in [2.75, 3.05) is 13.7 Å². The number of ether oxygens (including phenoxy) is 2. The Bertz CT molecular complexity index is 546. The van der Waals surface area contributed by atoms with E-state index in [1.54, 1.807) is 12.1 Å². The Hall–Kier alpha value is -1.56. The SMILES string of the molecule is COc1cc(Br)c(C=O)cc1OCC(=O)N[C@H](C)CCC(C)C. The molecule has 1 aromatic carbocycles. The second kappa shape index (κ2) is 9.55. The lowest BCUT2D eigenvalue weighted by Crippen LogP contribution is -2.36. The number of halogens is 1. The highest BCUT2D eigenvalue weighted by molar-refractivity contribution is 9.10. The zero-order valence-corrected chi connectivity index (χ0v) is 15.6. The summed E-state index contributed by atoms with van der Waals surface area (Å²) in [7, 11) is 1.50. The van der Waals surface area contributed by atoms with Crippen molar-refractivity contribution in [3.05, 3.63) is 22.2 Å². The number of hydrogen-bond acceptors (Lipinski definition) is 4. The van der Waals surface area contributed by atoms with Gasteiger partial charge in [-0.15, -0.1) is 0 Å². The first kappa shape index (κ1) is 19.5. The first-order chi connectivity index (χ1) is 10.9. The Morgan fingerprint density at radius 3 is 2.52 bits per heavy atom. The predicted molar refractivity (Wildman–Crippen MR) is 93.3 cm³/mol. The zero-order valence-electron chi connectivity index (χ0n) is 14.0. The summed E-state index contributed by atoms with van der Waals surface area (Å²) in [5.74, 6) is 1.24. The number of carbonyl (C=O) groups is 2. The van der Waals surface area contributed by atoms with E-state index in [4.69, 9.17) is 9.47 Å². The summed E-state index contributed by atoms with van der Waals surface area (Å²) in [6.07, 6.45) is 2.70. The normalized spacial score (nSPS) is 11.9. The van der Waals surface area contributed by atoms with E-state index < -0.39 is 0 Å². The second-order valence-corrected chi connectivity index (χ2v) is 6.73. The lowest BCUT2D eigenvalue weighted by molar-refractivity contribution is -0.123. The third-order valence-corrected chi connectivity index (χ3v) is 4.04. The van der Waals surface area contributed by atoms with Gasteiger partial charge in [0.25, 0.3) is 5.91 Å². The van der Waals surface area contributed by atoms with Crippen LogP contribution in [0.3, 0.4) is 0 Å². The van der Waals surface area contributed by atoms with Crippen LogP contribution in [0.4, 0.5) is 0 Å². The molecule has 0 heterocycles. The van der Waals surface area contributed by atoms with E-state index in [0.717, 1.165) is 12.8 Å². The average Bonchev–Trinajstić information content (AvgIpc) is 2.51. The van der Waals surface area contributed by atoms with E-state index in [1.165, 1.54) is 7.11 Å². The Morgan fingerprint density at radius 2 is 1.96 bits per heavy atom. The molecular formula is C17H24BrNO4. The van der Waals surface area contributed by atoms with Gasteiger partial charge in [0.15, 0.2) is 24.4 Å². The molecule has 0 bridgehead atoms. The molecular weight excluding hydrogens is 362 g/mol. The standard InChI is InChI=1S/C17H24BrNO4/c1-11(2)5-6-12(3)19-17(21)10-23-16-7-13(9-20)14(18)8-15(16)22-4/h7-9,11-12H,5-6,10H2,1-4H3,(H,19,21)/t12-/m1/s1. The number of carbonyl (C=O) groups excluding carboxylic acids is 2. The van der Waals surface area contributed by atoms with Gasteiger partial charge in [0.2, 0.25) is 0 Å². The molecule has 0 saturated heterocycles. The van der Waals surface area contributed by atoms with Crippen LogP contribution in [0.2, 0.25) is 0 Å². The maximum Gasteiger partial charge on any atom is 0.258 e. The van der Waals surface area contributed by atoms with Gasteiger partial charge < -0.3 is 14.8 Å². The highest BCUT2D eigenvalue weighted by atomic mass is 79.9. The molecule has 1 amide bonds.